The molecule has 3 aromatic rings. The predicted molar refractivity (Wildman–Crippen MR) is 92.6 cm³/mol. The van der Waals surface area contributed by atoms with Crippen molar-refractivity contribution >= 4 is 27.6 Å². The Morgan fingerprint density at radius 1 is 1.12 bits per heavy atom. The van der Waals surface area contributed by atoms with Crippen LogP contribution in [0.3, 0.4) is 0 Å². The van der Waals surface area contributed by atoms with Gasteiger partial charge in [0.1, 0.15) is 6.33 Å². The summed E-state index contributed by atoms with van der Waals surface area (Å²) < 4.78 is 28.8. The highest BCUT2D eigenvalue weighted by Gasteiger charge is 2.18. The summed E-state index contributed by atoms with van der Waals surface area (Å²) in [6, 6.07) is 14.1. The number of nitrogens with one attached hydrogen (secondary N) is 1. The van der Waals surface area contributed by atoms with E-state index in [0.29, 0.717) is 17.1 Å². The minimum absolute atomic E-state index is 0.0345. The van der Waals surface area contributed by atoms with Gasteiger partial charge in [-0.05, 0) is 36.2 Å². The normalized spacial score (nSPS) is 11.4. The van der Waals surface area contributed by atoms with E-state index in [1.54, 1.807) is 48.0 Å². The number of hydrogen-bond acceptors (Lipinski definition) is 4. The highest BCUT2D eigenvalue weighted by molar-refractivity contribution is 7.92. The number of nitrogens with zero attached hydrogens (tertiary/aromatic N) is 3. The van der Waals surface area contributed by atoms with Gasteiger partial charge in [0.15, 0.2) is 0 Å². The van der Waals surface area contributed by atoms with Gasteiger partial charge in [-0.1, -0.05) is 41.9 Å². The third kappa shape index (κ3) is 3.74. The van der Waals surface area contributed by atoms with Crippen molar-refractivity contribution < 1.29 is 8.42 Å². The van der Waals surface area contributed by atoms with Crippen molar-refractivity contribution in [3.8, 4) is 0 Å². The number of sulfonamides is 1. The van der Waals surface area contributed by atoms with Gasteiger partial charge in [-0.2, -0.15) is 4.98 Å². The summed E-state index contributed by atoms with van der Waals surface area (Å²) >= 11 is 5.85. The van der Waals surface area contributed by atoms with E-state index in [9.17, 15) is 8.42 Å². The van der Waals surface area contributed by atoms with Gasteiger partial charge in [-0.3, -0.25) is 0 Å². The highest BCUT2D eigenvalue weighted by atomic mass is 35.5. The average molecular weight is 363 g/mol. The second kappa shape index (κ2) is 6.62. The molecule has 0 fully saturated rings. The van der Waals surface area contributed by atoms with Crippen molar-refractivity contribution in [3.63, 3.8) is 0 Å². The fraction of sp³-hybridized carbons (Fsp3) is 0.125. The molecule has 0 atom stereocenters. The molecule has 6 nitrogen and oxygen atoms in total. The molecule has 0 aliphatic heterocycles. The van der Waals surface area contributed by atoms with Crippen LogP contribution in [0, 0.1) is 6.92 Å². The lowest BCUT2D eigenvalue weighted by Gasteiger charge is -2.07. The summed E-state index contributed by atoms with van der Waals surface area (Å²) in [4.78, 5) is 4.21. The Morgan fingerprint density at radius 3 is 2.54 bits per heavy atom. The molecular formula is C16H15ClN4O2S. The Balaban J connectivity index is 1.76. The molecule has 1 N–H and O–H groups in total. The molecule has 1 aromatic heterocycles. The van der Waals surface area contributed by atoms with Gasteiger partial charge in [-0.15, -0.1) is 5.10 Å². The van der Waals surface area contributed by atoms with Crippen LogP contribution in [0.5, 0.6) is 0 Å². The van der Waals surface area contributed by atoms with Crippen molar-refractivity contribution in [2.24, 2.45) is 0 Å². The van der Waals surface area contributed by atoms with Crippen LogP contribution in [0.2, 0.25) is 5.02 Å². The lowest BCUT2D eigenvalue weighted by molar-refractivity contribution is 0.600. The Morgan fingerprint density at radius 2 is 1.83 bits per heavy atom. The Bertz CT molecular complexity index is 952. The van der Waals surface area contributed by atoms with E-state index >= 15 is 0 Å². The van der Waals surface area contributed by atoms with Gasteiger partial charge < -0.3 is 0 Å². The number of hydrogen-bond donors (Lipinski definition) is 1. The molecule has 8 heteroatoms. The smallest absolute Gasteiger partial charge is 0.246 e. The van der Waals surface area contributed by atoms with Crippen LogP contribution in [0.15, 0.2) is 59.8 Å². The van der Waals surface area contributed by atoms with Crippen molar-refractivity contribution in [1.82, 2.24) is 14.8 Å². The van der Waals surface area contributed by atoms with E-state index in [0.717, 1.165) is 5.56 Å². The maximum atomic E-state index is 12.4. The van der Waals surface area contributed by atoms with Gasteiger partial charge in [0.05, 0.1) is 11.4 Å². The fourth-order valence-corrected chi connectivity index (χ4v) is 3.55. The van der Waals surface area contributed by atoms with E-state index in [2.05, 4.69) is 14.8 Å². The lowest BCUT2D eigenvalue weighted by atomic mass is 10.2. The second-order valence-electron chi connectivity index (χ2n) is 5.26. The number of benzene rings is 2. The molecule has 0 radical (unpaired) electrons. The summed E-state index contributed by atoms with van der Waals surface area (Å²) in [5, 5.41) is 4.81. The number of rotatable bonds is 5. The highest BCUT2D eigenvalue weighted by Crippen LogP contribution is 2.17. The second-order valence-corrected chi connectivity index (χ2v) is 7.35. The zero-order valence-electron chi connectivity index (χ0n) is 12.8. The zero-order chi connectivity index (χ0) is 17.2. The molecule has 0 saturated heterocycles. The minimum Gasteiger partial charge on any atom is -0.246 e. The van der Waals surface area contributed by atoms with Crippen LogP contribution in [0.25, 0.3) is 0 Å². The Kier molecular flexibility index (Phi) is 4.55. The number of halogens is 1. The monoisotopic (exact) mass is 362 g/mol. The summed E-state index contributed by atoms with van der Waals surface area (Å²) in [6.07, 6.45) is 1.48. The van der Waals surface area contributed by atoms with Crippen molar-refractivity contribution in [2.75, 3.05) is 4.72 Å². The number of anilines is 1. The lowest BCUT2D eigenvalue weighted by Crippen LogP contribution is -2.15. The van der Waals surface area contributed by atoms with E-state index in [-0.39, 0.29) is 10.8 Å². The first-order valence-corrected chi connectivity index (χ1v) is 9.02. The van der Waals surface area contributed by atoms with Crippen LogP contribution < -0.4 is 4.72 Å². The van der Waals surface area contributed by atoms with Crippen LogP contribution in [0.1, 0.15) is 11.1 Å². The molecule has 0 amide bonds. The van der Waals surface area contributed by atoms with Gasteiger partial charge in [0.2, 0.25) is 0 Å². The molecule has 0 bridgehead atoms. The van der Waals surface area contributed by atoms with Gasteiger partial charge >= 0.3 is 0 Å². The van der Waals surface area contributed by atoms with Gasteiger partial charge in [0, 0.05) is 5.02 Å². The third-order valence-electron chi connectivity index (χ3n) is 3.40. The van der Waals surface area contributed by atoms with Crippen LogP contribution >= 0.6 is 11.6 Å². The molecule has 0 unspecified atom stereocenters. The first-order valence-electron chi connectivity index (χ1n) is 7.16. The standard InChI is InChI=1S/C16H15ClN4O2S/c1-12-4-2-3-5-15(12)24(22,23)20-16-18-11-21(19-16)10-13-6-8-14(17)9-7-13/h2-9,11H,10H2,1H3,(H,19,20). The minimum atomic E-state index is -3.71. The van der Waals surface area contributed by atoms with Gasteiger partial charge in [0.25, 0.3) is 16.0 Å². The van der Waals surface area contributed by atoms with Crippen molar-refractivity contribution in [1.29, 1.82) is 0 Å². The maximum Gasteiger partial charge on any atom is 0.264 e. The first-order chi connectivity index (χ1) is 11.4. The Hall–Kier alpha value is -2.38. The fourth-order valence-electron chi connectivity index (χ4n) is 2.23. The van der Waals surface area contributed by atoms with E-state index in [1.807, 2.05) is 12.1 Å². The van der Waals surface area contributed by atoms with E-state index < -0.39 is 10.0 Å². The number of aromatic nitrogens is 3. The molecule has 0 aliphatic carbocycles. The van der Waals surface area contributed by atoms with Gasteiger partial charge in [-0.25, -0.2) is 17.8 Å². The topological polar surface area (TPSA) is 76.9 Å². The summed E-state index contributed by atoms with van der Waals surface area (Å²) in [7, 11) is -3.71. The third-order valence-corrected chi connectivity index (χ3v) is 5.14. The molecule has 24 heavy (non-hydrogen) atoms. The molecular weight excluding hydrogens is 348 g/mol. The molecule has 0 spiro atoms. The van der Waals surface area contributed by atoms with Crippen LogP contribution in [-0.4, -0.2) is 23.2 Å². The molecule has 0 saturated carbocycles. The SMILES string of the molecule is Cc1ccccc1S(=O)(=O)Nc1ncn(Cc2ccc(Cl)cc2)n1. The molecule has 2 aromatic carbocycles. The Labute approximate surface area is 145 Å². The van der Waals surface area contributed by atoms with E-state index in [4.69, 9.17) is 11.6 Å². The van der Waals surface area contributed by atoms with Crippen LogP contribution in [-0.2, 0) is 16.6 Å². The molecule has 0 aliphatic rings. The molecule has 3 rings (SSSR count). The van der Waals surface area contributed by atoms with Crippen molar-refractivity contribution in [3.05, 3.63) is 71.0 Å². The first kappa shape index (κ1) is 16.5. The predicted octanol–water partition coefficient (Wildman–Crippen LogP) is 3.09. The zero-order valence-corrected chi connectivity index (χ0v) is 14.4. The van der Waals surface area contributed by atoms with E-state index in [1.165, 1.54) is 6.33 Å². The summed E-state index contributed by atoms with van der Waals surface area (Å²) in [5.41, 5.74) is 1.64. The van der Waals surface area contributed by atoms with Crippen LogP contribution in [0.4, 0.5) is 5.95 Å². The quantitative estimate of drug-likeness (QED) is 0.756. The molecule has 1 heterocycles. The average Bonchev–Trinajstić information content (AvgIpc) is 2.96. The summed E-state index contributed by atoms with van der Waals surface area (Å²) in [6.45, 7) is 2.21. The molecule has 124 valence electrons. The summed E-state index contributed by atoms with van der Waals surface area (Å²) in [5.74, 6) is 0.0345. The maximum absolute atomic E-state index is 12.4. The number of aryl methyl sites for hydroxylation is 1. The largest absolute Gasteiger partial charge is 0.264 e. The van der Waals surface area contributed by atoms with Crippen molar-refractivity contribution in [2.45, 2.75) is 18.4 Å².